The summed E-state index contributed by atoms with van der Waals surface area (Å²) in [5, 5.41) is 15.3. The van der Waals surface area contributed by atoms with E-state index < -0.39 is 48.8 Å². The third kappa shape index (κ3) is 9.68. The number of imidazole rings is 2. The molecule has 4 aromatic carbocycles. The van der Waals surface area contributed by atoms with Gasteiger partial charge in [-0.25, -0.2) is 39.5 Å². The number of fused-ring (bicyclic) bond motifs is 2. The molecule has 2 aliphatic rings. The highest BCUT2D eigenvalue weighted by Gasteiger charge is 2.41. The number of aldehydes is 1. The minimum atomic E-state index is -0.936. The summed E-state index contributed by atoms with van der Waals surface area (Å²) in [7, 11) is 0. The van der Waals surface area contributed by atoms with Gasteiger partial charge in [0.05, 0.1) is 30.4 Å². The van der Waals surface area contributed by atoms with Crippen LogP contribution in [0.4, 0.5) is 11.6 Å². The number of aliphatic hydroxyl groups excluding tert-OH is 1. The Bertz CT molecular complexity index is 3070. The summed E-state index contributed by atoms with van der Waals surface area (Å²) < 4.78 is 26.3. The predicted molar refractivity (Wildman–Crippen MR) is 241 cm³/mol. The van der Waals surface area contributed by atoms with Crippen LogP contribution in [0.5, 0.6) is 0 Å². The number of esters is 2. The molecule has 0 saturated carbocycles. The van der Waals surface area contributed by atoms with Gasteiger partial charge in [0, 0.05) is 24.0 Å². The first-order valence-electron chi connectivity index (χ1n) is 21.2. The number of anilines is 2. The molecule has 0 bridgehead atoms. The van der Waals surface area contributed by atoms with E-state index in [1.165, 1.54) is 25.3 Å². The Hall–Kier alpha value is -8.59. The van der Waals surface area contributed by atoms with Gasteiger partial charge in [-0.3, -0.25) is 18.7 Å². The molecular formula is C48H40N10O10. The van der Waals surface area contributed by atoms with Gasteiger partial charge < -0.3 is 39.5 Å². The molecule has 342 valence electrons. The number of nitrogens with one attached hydrogen (secondary N) is 2. The van der Waals surface area contributed by atoms with Crippen LogP contribution in [-0.2, 0) is 23.7 Å². The number of nitrogens with zero attached hydrogens (tertiary/aromatic N) is 8. The van der Waals surface area contributed by atoms with Crippen molar-refractivity contribution in [3.05, 3.63) is 169 Å². The molecule has 6 atom stereocenters. The van der Waals surface area contributed by atoms with Gasteiger partial charge in [0.1, 0.15) is 43.4 Å². The van der Waals surface area contributed by atoms with E-state index in [-0.39, 0.29) is 36.5 Å². The number of hydrogen-bond donors (Lipinski definition) is 3. The molecule has 6 heterocycles. The summed E-state index contributed by atoms with van der Waals surface area (Å²) in [5.41, 5.74) is 3.37. The summed E-state index contributed by atoms with van der Waals surface area (Å²) in [5.74, 6) is -1.17. The molecule has 2 amide bonds. The van der Waals surface area contributed by atoms with Crippen LogP contribution >= 0.6 is 0 Å². The van der Waals surface area contributed by atoms with Gasteiger partial charge >= 0.3 is 11.9 Å². The van der Waals surface area contributed by atoms with Crippen molar-refractivity contribution in [2.75, 3.05) is 17.2 Å². The van der Waals surface area contributed by atoms with Gasteiger partial charge in [-0.15, -0.1) is 0 Å². The lowest BCUT2D eigenvalue weighted by molar-refractivity contribution is -0.122. The Morgan fingerprint density at radius 1 is 0.574 bits per heavy atom. The van der Waals surface area contributed by atoms with Crippen LogP contribution in [0.25, 0.3) is 22.3 Å². The van der Waals surface area contributed by atoms with Gasteiger partial charge in [0.25, 0.3) is 11.8 Å². The van der Waals surface area contributed by atoms with Crippen LogP contribution in [0.3, 0.4) is 0 Å². The summed E-state index contributed by atoms with van der Waals surface area (Å²) in [6.07, 6.45) is 2.49. The lowest BCUT2D eigenvalue weighted by Crippen LogP contribution is -2.30. The van der Waals surface area contributed by atoms with Crippen molar-refractivity contribution in [2.45, 2.75) is 49.7 Å². The second kappa shape index (κ2) is 20.3. The molecule has 2 saturated heterocycles. The molecule has 0 spiro atoms. The molecule has 8 aromatic rings. The summed E-state index contributed by atoms with van der Waals surface area (Å²) >= 11 is 0. The number of hydrogen-bond acceptors (Lipinski definition) is 16. The van der Waals surface area contributed by atoms with E-state index >= 15 is 0 Å². The van der Waals surface area contributed by atoms with Crippen LogP contribution in [0.15, 0.2) is 147 Å². The molecule has 68 heavy (non-hydrogen) atoms. The molecule has 2 aliphatic heterocycles. The first-order valence-corrected chi connectivity index (χ1v) is 21.2. The Morgan fingerprint density at radius 3 is 1.43 bits per heavy atom. The molecule has 0 aliphatic carbocycles. The highest BCUT2D eigenvalue weighted by Crippen LogP contribution is 2.35. The van der Waals surface area contributed by atoms with Crippen LogP contribution in [0.1, 0.15) is 66.7 Å². The van der Waals surface area contributed by atoms with E-state index in [1.54, 1.807) is 112 Å². The molecule has 4 aromatic heterocycles. The van der Waals surface area contributed by atoms with Crippen LogP contribution in [0.2, 0.25) is 0 Å². The molecule has 0 radical (unpaired) electrons. The zero-order valence-electron chi connectivity index (χ0n) is 35.7. The van der Waals surface area contributed by atoms with Crippen molar-refractivity contribution < 1.29 is 48.0 Å². The maximum Gasteiger partial charge on any atom is 0.338 e. The molecule has 10 rings (SSSR count). The van der Waals surface area contributed by atoms with Crippen molar-refractivity contribution in [2.24, 2.45) is 0 Å². The number of aromatic nitrogens is 8. The minimum Gasteiger partial charge on any atom is -0.456 e. The smallest absolute Gasteiger partial charge is 0.338 e. The quantitative estimate of drug-likeness (QED) is 0.103. The third-order valence-corrected chi connectivity index (χ3v) is 11.0. The van der Waals surface area contributed by atoms with Crippen molar-refractivity contribution in [3.63, 3.8) is 0 Å². The summed E-state index contributed by atoms with van der Waals surface area (Å²) in [4.78, 5) is 87.3. The van der Waals surface area contributed by atoms with Gasteiger partial charge in [-0.1, -0.05) is 72.8 Å². The molecular weight excluding hydrogens is 877 g/mol. The van der Waals surface area contributed by atoms with E-state index in [0.29, 0.717) is 57.3 Å². The highest BCUT2D eigenvalue weighted by molar-refractivity contribution is 6.07. The van der Waals surface area contributed by atoms with E-state index in [0.717, 1.165) is 0 Å². The first-order chi connectivity index (χ1) is 33.3. The van der Waals surface area contributed by atoms with Crippen LogP contribution in [-0.4, -0.2) is 105 Å². The molecule has 2 unspecified atom stereocenters. The fraction of sp³-hybridized carbons (Fsp3) is 0.188. The number of carbonyl (C=O) groups excluding carboxylic acids is 5. The first kappa shape index (κ1) is 44.6. The fourth-order valence-corrected chi connectivity index (χ4v) is 7.64. The number of ether oxygens (including phenoxy) is 4. The van der Waals surface area contributed by atoms with E-state index in [4.69, 9.17) is 18.9 Å². The van der Waals surface area contributed by atoms with Gasteiger partial charge in [0.2, 0.25) is 0 Å². The Morgan fingerprint density at radius 2 is 0.985 bits per heavy atom. The van der Waals surface area contributed by atoms with Crippen LogP contribution < -0.4 is 10.6 Å². The number of aliphatic hydroxyl groups is 1. The topological polar surface area (TPSA) is 254 Å². The number of amides is 2. The van der Waals surface area contributed by atoms with Crippen molar-refractivity contribution >= 4 is 64.0 Å². The van der Waals surface area contributed by atoms with Gasteiger partial charge in [0.15, 0.2) is 46.4 Å². The van der Waals surface area contributed by atoms with Crippen molar-refractivity contribution in [1.82, 2.24) is 39.0 Å². The Balaban J connectivity index is 0.000000170. The second-order valence-electron chi connectivity index (χ2n) is 15.3. The van der Waals surface area contributed by atoms with Crippen molar-refractivity contribution in [3.8, 4) is 0 Å². The zero-order chi connectivity index (χ0) is 47.0. The maximum atomic E-state index is 12.6. The lowest BCUT2D eigenvalue weighted by Gasteiger charge is -2.16. The highest BCUT2D eigenvalue weighted by atomic mass is 16.6. The largest absolute Gasteiger partial charge is 0.456 e. The standard InChI is InChI=1S/C24H21N5O5.C24H19N5O5/c2*30-12-18-17(34-24(32)16-9-5-2-6-10-16)11-19(33-18)29-14-27-20-21(25-13-26-22(20)29)28-23(31)15-7-3-1-4-8-15/h1-10,13-14,17-19,30H,11-12H2,(H,25,26,28,31);1-10,12-14,17-19H,11H2,(H,25,26,28,31)/t2*17?,18-,19-/m11/s1. The Kier molecular flexibility index (Phi) is 13.3. The average molecular weight is 917 g/mol. The monoisotopic (exact) mass is 916 g/mol. The zero-order valence-corrected chi connectivity index (χ0v) is 35.7. The van der Waals surface area contributed by atoms with E-state index in [9.17, 15) is 29.1 Å². The number of rotatable bonds is 12. The van der Waals surface area contributed by atoms with Gasteiger partial charge in [-0.05, 0) is 48.5 Å². The lowest BCUT2D eigenvalue weighted by atomic mass is 10.1. The van der Waals surface area contributed by atoms with E-state index in [1.807, 2.05) is 18.2 Å². The van der Waals surface area contributed by atoms with Gasteiger partial charge in [-0.2, -0.15) is 0 Å². The Labute approximate surface area is 385 Å². The second-order valence-corrected chi connectivity index (χ2v) is 15.3. The third-order valence-electron chi connectivity index (χ3n) is 11.0. The molecule has 20 nitrogen and oxygen atoms in total. The average Bonchev–Trinajstić information content (AvgIpc) is 4.21. The molecule has 3 N–H and O–H groups in total. The number of benzene rings is 4. The minimum absolute atomic E-state index is 0.225. The molecule has 20 heteroatoms. The number of carbonyl (C=O) groups is 5. The van der Waals surface area contributed by atoms with E-state index in [2.05, 4.69) is 40.5 Å². The normalized spacial score (nSPS) is 19.7. The van der Waals surface area contributed by atoms with Crippen molar-refractivity contribution in [1.29, 1.82) is 0 Å². The van der Waals surface area contributed by atoms with Crippen LogP contribution in [0, 0.1) is 0 Å². The summed E-state index contributed by atoms with van der Waals surface area (Å²) in [6.45, 7) is -0.316. The predicted octanol–water partition coefficient (Wildman–Crippen LogP) is 5.37. The fourth-order valence-electron chi connectivity index (χ4n) is 7.64. The molecule has 2 fully saturated rings. The SMILES string of the molecule is O=C(Nc1ncnc2c1ncn2[C@H]1CC(OC(=O)c2ccccc2)[C@@H](CO)O1)c1ccccc1.O=C[C@H]1O[C@@H](n2cnc3c(NC(=O)c4ccccc4)ncnc32)CC1OC(=O)c1ccccc1. The summed E-state index contributed by atoms with van der Waals surface area (Å²) in [6, 6.07) is 34.7. The maximum absolute atomic E-state index is 12.6.